The largest absolute Gasteiger partial charge is 0.383 e. The molecule has 100 valence electrons. The number of pyridine rings is 1. The molecule has 1 aromatic heterocycles. The first-order chi connectivity index (χ1) is 8.90. The predicted octanol–water partition coefficient (Wildman–Crippen LogP) is 2.54. The molecule has 0 spiro atoms. The van der Waals surface area contributed by atoms with Gasteiger partial charge in [-0.05, 0) is 40.5 Å². The number of hydrogen-bond donors (Lipinski definition) is 2. The Bertz CT molecular complexity index is 717. The standard InChI is InChI=1S/C12H12BrN3O2S/c1-8-4-2-3-5-10(8)16-19(17,18)11-6-9(13)7-15-12(11)14/h2-7,16H,1H3,(H2,14,15). The molecule has 7 heteroatoms. The van der Waals surface area contributed by atoms with Crippen LogP contribution >= 0.6 is 15.9 Å². The lowest BCUT2D eigenvalue weighted by atomic mass is 10.2. The van der Waals surface area contributed by atoms with Crippen molar-refractivity contribution in [1.29, 1.82) is 0 Å². The van der Waals surface area contributed by atoms with E-state index in [1.165, 1.54) is 12.3 Å². The number of aromatic nitrogens is 1. The first-order valence-corrected chi connectivity index (χ1v) is 7.67. The molecule has 0 saturated carbocycles. The number of nitrogens with zero attached hydrogens (tertiary/aromatic N) is 1. The minimum Gasteiger partial charge on any atom is -0.383 e. The number of sulfonamides is 1. The van der Waals surface area contributed by atoms with Crippen molar-refractivity contribution in [3.05, 3.63) is 46.6 Å². The fourth-order valence-corrected chi connectivity index (χ4v) is 3.26. The van der Waals surface area contributed by atoms with Crippen LogP contribution in [0.1, 0.15) is 5.56 Å². The van der Waals surface area contributed by atoms with Crippen molar-refractivity contribution in [2.75, 3.05) is 10.5 Å². The van der Waals surface area contributed by atoms with Crippen molar-refractivity contribution in [3.63, 3.8) is 0 Å². The van der Waals surface area contributed by atoms with Crippen molar-refractivity contribution in [2.24, 2.45) is 0 Å². The molecule has 1 aromatic carbocycles. The minimum atomic E-state index is -3.76. The van der Waals surface area contributed by atoms with Gasteiger partial charge >= 0.3 is 0 Å². The molecule has 0 bridgehead atoms. The van der Waals surface area contributed by atoms with E-state index in [1.54, 1.807) is 12.1 Å². The lowest BCUT2D eigenvalue weighted by Crippen LogP contribution is -2.16. The Morgan fingerprint density at radius 3 is 2.68 bits per heavy atom. The maximum absolute atomic E-state index is 12.3. The molecule has 3 N–H and O–H groups in total. The number of para-hydroxylation sites is 1. The van der Waals surface area contributed by atoms with E-state index in [1.807, 2.05) is 19.1 Å². The summed E-state index contributed by atoms with van der Waals surface area (Å²) >= 11 is 3.18. The average molecular weight is 342 g/mol. The van der Waals surface area contributed by atoms with Gasteiger partial charge in [0.15, 0.2) is 0 Å². The van der Waals surface area contributed by atoms with Crippen molar-refractivity contribution >= 4 is 37.5 Å². The summed E-state index contributed by atoms with van der Waals surface area (Å²) in [5, 5.41) is 0. The first-order valence-electron chi connectivity index (χ1n) is 5.39. The van der Waals surface area contributed by atoms with Crippen LogP contribution in [-0.4, -0.2) is 13.4 Å². The number of benzene rings is 1. The lowest BCUT2D eigenvalue weighted by Gasteiger charge is -2.11. The van der Waals surface area contributed by atoms with E-state index in [4.69, 9.17) is 5.73 Å². The second-order valence-corrected chi connectivity index (χ2v) is 6.52. The quantitative estimate of drug-likeness (QED) is 0.898. The van der Waals surface area contributed by atoms with E-state index in [-0.39, 0.29) is 10.7 Å². The number of halogens is 1. The third-order valence-corrected chi connectivity index (χ3v) is 4.36. The summed E-state index contributed by atoms with van der Waals surface area (Å²) in [4.78, 5) is 3.77. The lowest BCUT2D eigenvalue weighted by molar-refractivity contribution is 0.601. The highest BCUT2D eigenvalue weighted by atomic mass is 79.9. The molecule has 19 heavy (non-hydrogen) atoms. The van der Waals surface area contributed by atoms with Crippen LogP contribution in [0.3, 0.4) is 0 Å². The number of nitrogens with one attached hydrogen (secondary N) is 1. The zero-order chi connectivity index (χ0) is 14.0. The van der Waals surface area contributed by atoms with Gasteiger partial charge in [0.25, 0.3) is 10.0 Å². The van der Waals surface area contributed by atoms with E-state index >= 15 is 0 Å². The molecule has 0 radical (unpaired) electrons. The van der Waals surface area contributed by atoms with Gasteiger partial charge in [-0.1, -0.05) is 18.2 Å². The van der Waals surface area contributed by atoms with Crippen LogP contribution in [0.2, 0.25) is 0 Å². The summed E-state index contributed by atoms with van der Waals surface area (Å²) in [5.74, 6) is -0.0377. The number of aryl methyl sites for hydroxylation is 1. The van der Waals surface area contributed by atoms with E-state index in [0.29, 0.717) is 10.2 Å². The van der Waals surface area contributed by atoms with Gasteiger partial charge in [0, 0.05) is 10.7 Å². The summed E-state index contributed by atoms with van der Waals surface area (Å²) in [5.41, 5.74) is 6.96. The van der Waals surface area contributed by atoms with Crippen LogP contribution < -0.4 is 10.5 Å². The van der Waals surface area contributed by atoms with Gasteiger partial charge in [-0.25, -0.2) is 13.4 Å². The predicted molar refractivity (Wildman–Crippen MR) is 78.3 cm³/mol. The Kier molecular flexibility index (Phi) is 3.77. The molecule has 0 saturated heterocycles. The molecule has 2 aromatic rings. The van der Waals surface area contributed by atoms with E-state index in [2.05, 4.69) is 25.6 Å². The van der Waals surface area contributed by atoms with Crippen LogP contribution in [-0.2, 0) is 10.0 Å². The zero-order valence-corrected chi connectivity index (χ0v) is 12.5. The molecule has 0 amide bonds. The Balaban J connectivity index is 2.44. The number of rotatable bonds is 3. The number of hydrogen-bond acceptors (Lipinski definition) is 4. The maximum atomic E-state index is 12.3. The number of nitrogen functional groups attached to an aromatic ring is 1. The average Bonchev–Trinajstić information content (AvgIpc) is 2.35. The summed E-state index contributed by atoms with van der Waals surface area (Å²) in [6.07, 6.45) is 1.45. The highest BCUT2D eigenvalue weighted by molar-refractivity contribution is 9.10. The van der Waals surface area contributed by atoms with Gasteiger partial charge in [-0.2, -0.15) is 0 Å². The maximum Gasteiger partial charge on any atom is 0.265 e. The van der Waals surface area contributed by atoms with E-state index in [0.717, 1.165) is 5.56 Å². The van der Waals surface area contributed by atoms with Crippen molar-refractivity contribution in [2.45, 2.75) is 11.8 Å². The van der Waals surface area contributed by atoms with E-state index < -0.39 is 10.0 Å². The normalized spacial score (nSPS) is 11.3. The number of anilines is 2. The van der Waals surface area contributed by atoms with Crippen LogP contribution in [0.4, 0.5) is 11.5 Å². The van der Waals surface area contributed by atoms with Gasteiger partial charge in [-0.15, -0.1) is 0 Å². The van der Waals surface area contributed by atoms with Gasteiger partial charge in [0.2, 0.25) is 0 Å². The summed E-state index contributed by atoms with van der Waals surface area (Å²) in [6.45, 7) is 1.82. The molecule has 0 aliphatic heterocycles. The Hall–Kier alpha value is -1.60. The Labute approximate surface area is 120 Å². The fraction of sp³-hybridized carbons (Fsp3) is 0.0833. The molecule has 1 heterocycles. The van der Waals surface area contributed by atoms with Crippen LogP contribution in [0.15, 0.2) is 45.9 Å². The fourth-order valence-electron chi connectivity index (χ4n) is 1.53. The topological polar surface area (TPSA) is 85.1 Å². The summed E-state index contributed by atoms with van der Waals surface area (Å²) in [7, 11) is -3.76. The molecule has 5 nitrogen and oxygen atoms in total. The molecule has 2 rings (SSSR count). The minimum absolute atomic E-state index is 0.0377. The second kappa shape index (κ2) is 5.18. The summed E-state index contributed by atoms with van der Waals surface area (Å²) in [6, 6.07) is 8.52. The Morgan fingerprint density at radius 2 is 2.00 bits per heavy atom. The third kappa shape index (κ3) is 3.05. The van der Waals surface area contributed by atoms with Crippen molar-refractivity contribution < 1.29 is 8.42 Å². The molecule has 0 fully saturated rings. The van der Waals surface area contributed by atoms with Gasteiger partial charge in [-0.3, -0.25) is 4.72 Å². The smallest absolute Gasteiger partial charge is 0.265 e. The number of nitrogens with two attached hydrogens (primary N) is 1. The van der Waals surface area contributed by atoms with Crippen molar-refractivity contribution in [1.82, 2.24) is 4.98 Å². The summed E-state index contributed by atoms with van der Waals surface area (Å²) < 4.78 is 27.6. The Morgan fingerprint density at radius 1 is 1.32 bits per heavy atom. The molecule has 0 unspecified atom stereocenters. The third-order valence-electron chi connectivity index (χ3n) is 2.53. The molecule has 0 aliphatic rings. The highest BCUT2D eigenvalue weighted by Crippen LogP contribution is 2.24. The van der Waals surface area contributed by atoms with E-state index in [9.17, 15) is 8.42 Å². The second-order valence-electron chi connectivity index (χ2n) is 3.96. The zero-order valence-electron chi connectivity index (χ0n) is 10.1. The molecule has 0 aliphatic carbocycles. The van der Waals surface area contributed by atoms with Gasteiger partial charge in [0.05, 0.1) is 5.69 Å². The van der Waals surface area contributed by atoms with Crippen LogP contribution in [0.25, 0.3) is 0 Å². The highest BCUT2D eigenvalue weighted by Gasteiger charge is 2.19. The monoisotopic (exact) mass is 341 g/mol. The van der Waals surface area contributed by atoms with Gasteiger partial charge < -0.3 is 5.73 Å². The van der Waals surface area contributed by atoms with Crippen LogP contribution in [0.5, 0.6) is 0 Å². The molecular weight excluding hydrogens is 330 g/mol. The van der Waals surface area contributed by atoms with Gasteiger partial charge in [0.1, 0.15) is 10.7 Å². The van der Waals surface area contributed by atoms with Crippen molar-refractivity contribution in [3.8, 4) is 0 Å². The SMILES string of the molecule is Cc1ccccc1NS(=O)(=O)c1cc(Br)cnc1N. The van der Waals surface area contributed by atoms with Crippen LogP contribution in [0, 0.1) is 6.92 Å². The first kappa shape index (κ1) is 13.8. The molecule has 0 atom stereocenters. The molecular formula is C12H12BrN3O2S.